The number of carboxylic acids is 1. The first-order chi connectivity index (χ1) is 9.40. The zero-order valence-corrected chi connectivity index (χ0v) is 11.3. The van der Waals surface area contributed by atoms with Gasteiger partial charge in [0.15, 0.2) is 0 Å². The van der Waals surface area contributed by atoms with Crippen LogP contribution in [0.15, 0.2) is 30.5 Å². The van der Waals surface area contributed by atoms with Gasteiger partial charge >= 0.3 is 12.0 Å². The topological polar surface area (TPSA) is 78.4 Å². The predicted molar refractivity (Wildman–Crippen MR) is 73.4 cm³/mol. The molecule has 6 heteroatoms. The molecule has 5 nitrogen and oxygen atoms in total. The number of carbonyl (C=O) groups excluding carboxylic acids is 1. The average molecular weight is 280 g/mol. The number of benzene rings is 1. The highest BCUT2D eigenvalue weighted by Crippen LogP contribution is 2.04. The van der Waals surface area contributed by atoms with Crippen LogP contribution in [0.1, 0.15) is 19.4 Å². The Labute approximate surface area is 116 Å². The Hall–Kier alpha value is -2.37. The summed E-state index contributed by atoms with van der Waals surface area (Å²) < 4.78 is 12.7. The van der Waals surface area contributed by atoms with Gasteiger partial charge in [0.2, 0.25) is 0 Å². The maximum atomic E-state index is 12.7. The van der Waals surface area contributed by atoms with Crippen molar-refractivity contribution in [2.24, 2.45) is 5.92 Å². The molecule has 0 bridgehead atoms. The lowest BCUT2D eigenvalue weighted by atomic mass is 10.1. The van der Waals surface area contributed by atoms with Gasteiger partial charge in [-0.2, -0.15) is 0 Å². The quantitative estimate of drug-likeness (QED) is 0.773. The molecule has 0 heterocycles. The maximum absolute atomic E-state index is 12.7. The fraction of sp³-hybridized carbons (Fsp3) is 0.286. The SMILES string of the molecule is CC(C)C(NC(=O)N/C=C/c1ccc(F)cc1)C(=O)O. The Balaban J connectivity index is 2.50. The molecule has 0 spiro atoms. The predicted octanol–water partition coefficient (Wildman–Crippen LogP) is 2.20. The molecule has 0 aromatic heterocycles. The summed E-state index contributed by atoms with van der Waals surface area (Å²) in [5.41, 5.74) is 0.713. The second-order valence-electron chi connectivity index (χ2n) is 4.56. The number of nitrogens with one attached hydrogen (secondary N) is 2. The summed E-state index contributed by atoms with van der Waals surface area (Å²) in [5, 5.41) is 13.7. The fourth-order valence-electron chi connectivity index (χ4n) is 1.48. The van der Waals surface area contributed by atoms with Gasteiger partial charge in [-0.15, -0.1) is 0 Å². The molecular weight excluding hydrogens is 263 g/mol. The van der Waals surface area contributed by atoms with E-state index in [0.29, 0.717) is 5.56 Å². The number of halogens is 1. The minimum Gasteiger partial charge on any atom is -0.480 e. The van der Waals surface area contributed by atoms with E-state index in [1.165, 1.54) is 18.3 Å². The molecule has 108 valence electrons. The molecule has 1 rings (SSSR count). The number of amides is 2. The lowest BCUT2D eigenvalue weighted by Crippen LogP contribution is -2.47. The number of hydrogen-bond acceptors (Lipinski definition) is 2. The molecule has 0 radical (unpaired) electrons. The van der Waals surface area contributed by atoms with Crippen molar-refractivity contribution in [3.05, 3.63) is 41.8 Å². The molecule has 1 aromatic carbocycles. The highest BCUT2D eigenvalue weighted by molar-refractivity contribution is 5.83. The van der Waals surface area contributed by atoms with Gasteiger partial charge in [0.1, 0.15) is 11.9 Å². The maximum Gasteiger partial charge on any atom is 0.326 e. The van der Waals surface area contributed by atoms with Gasteiger partial charge in [0.05, 0.1) is 0 Å². The van der Waals surface area contributed by atoms with E-state index in [1.807, 2.05) is 0 Å². The van der Waals surface area contributed by atoms with E-state index in [2.05, 4.69) is 10.6 Å². The molecule has 1 atom stereocenters. The molecule has 20 heavy (non-hydrogen) atoms. The second-order valence-corrected chi connectivity index (χ2v) is 4.56. The van der Waals surface area contributed by atoms with Gasteiger partial charge in [0, 0.05) is 6.20 Å². The summed E-state index contributed by atoms with van der Waals surface area (Å²) in [6.45, 7) is 3.40. The monoisotopic (exact) mass is 280 g/mol. The van der Waals surface area contributed by atoms with E-state index >= 15 is 0 Å². The van der Waals surface area contributed by atoms with Gasteiger partial charge < -0.3 is 15.7 Å². The van der Waals surface area contributed by atoms with Crippen LogP contribution < -0.4 is 10.6 Å². The van der Waals surface area contributed by atoms with Crippen LogP contribution in [-0.4, -0.2) is 23.1 Å². The largest absolute Gasteiger partial charge is 0.480 e. The Kier molecular flexibility index (Phi) is 5.71. The van der Waals surface area contributed by atoms with E-state index in [0.717, 1.165) is 0 Å². The molecule has 0 saturated carbocycles. The Morgan fingerprint density at radius 1 is 1.25 bits per heavy atom. The van der Waals surface area contributed by atoms with Gasteiger partial charge in [0.25, 0.3) is 0 Å². The Morgan fingerprint density at radius 2 is 1.85 bits per heavy atom. The minimum atomic E-state index is -1.09. The molecule has 2 amide bonds. The molecule has 0 fully saturated rings. The zero-order chi connectivity index (χ0) is 15.1. The molecule has 0 aliphatic heterocycles. The van der Waals surface area contributed by atoms with Crippen LogP contribution in [-0.2, 0) is 4.79 Å². The van der Waals surface area contributed by atoms with E-state index < -0.39 is 18.0 Å². The van der Waals surface area contributed by atoms with Crippen molar-refractivity contribution in [2.75, 3.05) is 0 Å². The van der Waals surface area contributed by atoms with E-state index in [-0.39, 0.29) is 11.7 Å². The van der Waals surface area contributed by atoms with Crippen molar-refractivity contribution in [1.82, 2.24) is 10.6 Å². The van der Waals surface area contributed by atoms with Crippen LogP contribution in [0.3, 0.4) is 0 Å². The summed E-state index contributed by atoms with van der Waals surface area (Å²) >= 11 is 0. The number of aliphatic carboxylic acids is 1. The van der Waals surface area contributed by atoms with E-state index in [9.17, 15) is 14.0 Å². The van der Waals surface area contributed by atoms with Crippen LogP contribution in [0.4, 0.5) is 9.18 Å². The lowest BCUT2D eigenvalue weighted by Gasteiger charge is -2.17. The molecule has 0 saturated heterocycles. The molecule has 3 N–H and O–H groups in total. The van der Waals surface area contributed by atoms with Crippen LogP contribution in [0, 0.1) is 11.7 Å². The molecule has 0 aliphatic rings. The number of carboxylic acid groups (broad SMARTS) is 1. The zero-order valence-electron chi connectivity index (χ0n) is 11.3. The van der Waals surface area contributed by atoms with Crippen LogP contribution in [0.2, 0.25) is 0 Å². The number of hydrogen-bond donors (Lipinski definition) is 3. The third kappa shape index (κ3) is 5.09. The van der Waals surface area contributed by atoms with Crippen molar-refractivity contribution < 1.29 is 19.1 Å². The van der Waals surface area contributed by atoms with Crippen molar-refractivity contribution >= 4 is 18.1 Å². The first kappa shape index (κ1) is 15.7. The summed E-state index contributed by atoms with van der Waals surface area (Å²) in [4.78, 5) is 22.4. The average Bonchev–Trinajstić information content (AvgIpc) is 2.37. The number of rotatable bonds is 5. The first-order valence-corrected chi connectivity index (χ1v) is 6.12. The lowest BCUT2D eigenvalue weighted by molar-refractivity contribution is -0.140. The van der Waals surface area contributed by atoms with Gasteiger partial charge in [-0.05, 0) is 29.7 Å². The summed E-state index contributed by atoms with van der Waals surface area (Å²) in [6, 6.07) is 4.16. The van der Waals surface area contributed by atoms with Crippen LogP contribution >= 0.6 is 0 Å². The summed E-state index contributed by atoms with van der Waals surface area (Å²) in [5.74, 6) is -1.65. The Bertz CT molecular complexity index is 498. The standard InChI is InChI=1S/C14H17FN2O3/c1-9(2)12(13(18)19)17-14(20)16-8-7-10-3-5-11(15)6-4-10/h3-9,12H,1-2H3,(H,18,19)(H2,16,17,20)/b8-7+. The fourth-order valence-corrected chi connectivity index (χ4v) is 1.48. The van der Waals surface area contributed by atoms with Gasteiger partial charge in [-0.25, -0.2) is 14.0 Å². The molecular formula is C14H17FN2O3. The summed E-state index contributed by atoms with van der Waals surface area (Å²) in [6.07, 6.45) is 2.94. The molecule has 1 unspecified atom stereocenters. The van der Waals surface area contributed by atoms with Crippen molar-refractivity contribution in [3.63, 3.8) is 0 Å². The minimum absolute atomic E-state index is 0.223. The van der Waals surface area contributed by atoms with Crippen molar-refractivity contribution in [2.45, 2.75) is 19.9 Å². The van der Waals surface area contributed by atoms with E-state index in [4.69, 9.17) is 5.11 Å². The second kappa shape index (κ2) is 7.28. The third-order valence-corrected chi connectivity index (χ3v) is 2.58. The normalized spacial score (nSPS) is 12.4. The highest BCUT2D eigenvalue weighted by atomic mass is 19.1. The Morgan fingerprint density at radius 3 is 2.35 bits per heavy atom. The van der Waals surface area contributed by atoms with Crippen molar-refractivity contribution in [1.29, 1.82) is 0 Å². The summed E-state index contributed by atoms with van der Waals surface area (Å²) in [7, 11) is 0. The highest BCUT2D eigenvalue weighted by Gasteiger charge is 2.22. The smallest absolute Gasteiger partial charge is 0.326 e. The third-order valence-electron chi connectivity index (χ3n) is 2.58. The number of carbonyl (C=O) groups is 2. The van der Waals surface area contributed by atoms with Crippen molar-refractivity contribution in [3.8, 4) is 0 Å². The van der Waals surface area contributed by atoms with Gasteiger partial charge in [-0.3, -0.25) is 0 Å². The molecule has 1 aromatic rings. The van der Waals surface area contributed by atoms with Crippen LogP contribution in [0.5, 0.6) is 0 Å². The first-order valence-electron chi connectivity index (χ1n) is 6.12. The number of urea groups is 1. The van der Waals surface area contributed by atoms with Gasteiger partial charge in [-0.1, -0.05) is 26.0 Å². The van der Waals surface area contributed by atoms with E-state index in [1.54, 1.807) is 32.1 Å². The molecule has 0 aliphatic carbocycles. The van der Waals surface area contributed by atoms with Crippen LogP contribution in [0.25, 0.3) is 6.08 Å².